The Kier molecular flexibility index (Phi) is 5.68. The molecule has 1 saturated heterocycles. The van der Waals surface area contributed by atoms with Crippen LogP contribution >= 0.6 is 35.8 Å². The van der Waals surface area contributed by atoms with Gasteiger partial charge in [0, 0.05) is 5.25 Å². The molecule has 0 radical (unpaired) electrons. The number of rotatable bonds is 2. The second-order valence-electron chi connectivity index (χ2n) is 3.26. The first-order valence-electron chi connectivity index (χ1n) is 4.71. The normalized spacial score (nSPS) is 17.1. The molecule has 1 aliphatic heterocycles. The quantitative estimate of drug-likeness (QED) is 0.892. The van der Waals surface area contributed by atoms with Crippen molar-refractivity contribution >= 4 is 35.8 Å². The van der Waals surface area contributed by atoms with Crippen LogP contribution in [0.25, 0.3) is 0 Å². The fourth-order valence-corrected chi connectivity index (χ4v) is 2.60. The second kappa shape index (κ2) is 6.53. The molecule has 1 aromatic rings. The van der Waals surface area contributed by atoms with Gasteiger partial charge in [0.1, 0.15) is 5.03 Å². The zero-order valence-electron chi connectivity index (χ0n) is 8.15. The van der Waals surface area contributed by atoms with Crippen LogP contribution in [0.1, 0.15) is 12.8 Å². The largest absolute Gasteiger partial charge is 0.317 e. The van der Waals surface area contributed by atoms with Crippen molar-refractivity contribution in [3.63, 3.8) is 0 Å². The molecule has 0 saturated carbocycles. The van der Waals surface area contributed by atoms with E-state index in [-0.39, 0.29) is 12.4 Å². The highest BCUT2D eigenvalue weighted by Gasteiger charge is 2.14. The van der Waals surface area contributed by atoms with E-state index in [1.807, 2.05) is 6.07 Å². The topological polar surface area (TPSA) is 37.8 Å². The van der Waals surface area contributed by atoms with Crippen LogP contribution in [0.3, 0.4) is 0 Å². The minimum atomic E-state index is 0. The van der Waals surface area contributed by atoms with Gasteiger partial charge in [0.25, 0.3) is 0 Å². The molecular formula is C9H13Cl2N3S. The summed E-state index contributed by atoms with van der Waals surface area (Å²) in [5.41, 5.74) is 0. The Hall–Kier alpha value is -0.0300. The van der Waals surface area contributed by atoms with Gasteiger partial charge >= 0.3 is 0 Å². The van der Waals surface area contributed by atoms with Gasteiger partial charge in [-0.1, -0.05) is 11.6 Å². The first-order chi connectivity index (χ1) is 6.84. The lowest BCUT2D eigenvalue weighted by atomic mass is 10.2. The summed E-state index contributed by atoms with van der Waals surface area (Å²) in [6.45, 7) is 2.22. The average Bonchev–Trinajstić information content (AvgIpc) is 2.23. The fourth-order valence-electron chi connectivity index (χ4n) is 1.45. The molecule has 1 fully saturated rings. The molecule has 2 rings (SSSR count). The fraction of sp³-hybridized carbons (Fsp3) is 0.556. The van der Waals surface area contributed by atoms with Gasteiger partial charge in [-0.15, -0.1) is 34.4 Å². The lowest BCUT2D eigenvalue weighted by molar-refractivity contribution is 0.531. The number of nitrogens with one attached hydrogen (secondary N) is 1. The summed E-state index contributed by atoms with van der Waals surface area (Å²) in [5, 5.41) is 13.3. The molecule has 84 valence electrons. The maximum absolute atomic E-state index is 5.66. The van der Waals surface area contributed by atoms with Gasteiger partial charge in [-0.05, 0) is 38.1 Å². The van der Waals surface area contributed by atoms with E-state index >= 15 is 0 Å². The van der Waals surface area contributed by atoms with E-state index in [9.17, 15) is 0 Å². The zero-order valence-corrected chi connectivity index (χ0v) is 10.5. The van der Waals surface area contributed by atoms with E-state index in [1.54, 1.807) is 17.8 Å². The maximum atomic E-state index is 5.66. The Morgan fingerprint density at radius 2 is 2.00 bits per heavy atom. The van der Waals surface area contributed by atoms with Crippen molar-refractivity contribution in [3.8, 4) is 0 Å². The molecule has 0 atom stereocenters. The van der Waals surface area contributed by atoms with Gasteiger partial charge in [-0.25, -0.2) is 0 Å². The molecule has 0 spiro atoms. The van der Waals surface area contributed by atoms with E-state index in [0.717, 1.165) is 18.1 Å². The van der Waals surface area contributed by atoms with Crippen LogP contribution in [0.15, 0.2) is 17.2 Å². The molecule has 0 amide bonds. The molecule has 2 heterocycles. The van der Waals surface area contributed by atoms with Crippen molar-refractivity contribution in [3.05, 3.63) is 17.3 Å². The summed E-state index contributed by atoms with van der Waals surface area (Å²) in [6, 6.07) is 3.72. The third kappa shape index (κ3) is 4.15. The number of hydrogen-bond acceptors (Lipinski definition) is 4. The Morgan fingerprint density at radius 1 is 1.27 bits per heavy atom. The van der Waals surface area contributed by atoms with Crippen LogP contribution in [-0.2, 0) is 0 Å². The number of nitrogens with zero attached hydrogens (tertiary/aromatic N) is 2. The van der Waals surface area contributed by atoms with Gasteiger partial charge < -0.3 is 5.32 Å². The predicted molar refractivity (Wildman–Crippen MR) is 66.0 cm³/mol. The molecule has 1 N–H and O–H groups in total. The summed E-state index contributed by atoms with van der Waals surface area (Å²) in [5.74, 6) is 0. The second-order valence-corrected chi connectivity index (χ2v) is 4.97. The molecule has 0 unspecified atom stereocenters. The molecule has 3 nitrogen and oxygen atoms in total. The summed E-state index contributed by atoms with van der Waals surface area (Å²) in [7, 11) is 0. The lowest BCUT2D eigenvalue weighted by Gasteiger charge is -2.21. The highest BCUT2D eigenvalue weighted by molar-refractivity contribution is 7.99. The minimum Gasteiger partial charge on any atom is -0.317 e. The van der Waals surface area contributed by atoms with Gasteiger partial charge in [-0.2, -0.15) is 0 Å². The molecule has 1 aromatic heterocycles. The third-order valence-electron chi connectivity index (χ3n) is 2.18. The summed E-state index contributed by atoms with van der Waals surface area (Å²) >= 11 is 7.46. The van der Waals surface area contributed by atoms with Gasteiger partial charge in [0.05, 0.1) is 0 Å². The van der Waals surface area contributed by atoms with Crippen LogP contribution < -0.4 is 5.32 Å². The van der Waals surface area contributed by atoms with Crippen molar-refractivity contribution in [1.29, 1.82) is 0 Å². The van der Waals surface area contributed by atoms with Crippen molar-refractivity contribution in [2.24, 2.45) is 0 Å². The van der Waals surface area contributed by atoms with Crippen molar-refractivity contribution in [2.75, 3.05) is 13.1 Å². The zero-order chi connectivity index (χ0) is 9.80. The number of hydrogen-bond donors (Lipinski definition) is 1. The Labute approximate surface area is 105 Å². The van der Waals surface area contributed by atoms with E-state index in [4.69, 9.17) is 11.6 Å². The molecule has 0 aromatic carbocycles. The molecule has 15 heavy (non-hydrogen) atoms. The number of aromatic nitrogens is 2. The standard InChI is InChI=1S/C9H12ClN3S.ClH/c10-8-1-2-9(13-12-8)14-7-3-5-11-6-4-7;/h1-2,7,11H,3-6H2;1H. The molecule has 0 bridgehead atoms. The first-order valence-corrected chi connectivity index (χ1v) is 5.97. The Bertz CT molecular complexity index is 288. The van der Waals surface area contributed by atoms with Crippen LogP contribution in [0, 0.1) is 0 Å². The third-order valence-corrected chi connectivity index (χ3v) is 3.65. The number of halogens is 2. The van der Waals surface area contributed by atoms with Gasteiger partial charge in [-0.3, -0.25) is 0 Å². The SMILES string of the molecule is Cl.Clc1ccc(SC2CCNCC2)nn1. The van der Waals surface area contributed by atoms with Crippen LogP contribution in [0.5, 0.6) is 0 Å². The van der Waals surface area contributed by atoms with Crippen molar-refractivity contribution < 1.29 is 0 Å². The number of thioether (sulfide) groups is 1. The Morgan fingerprint density at radius 3 is 2.60 bits per heavy atom. The predicted octanol–water partition coefficient (Wildman–Crippen LogP) is 2.40. The van der Waals surface area contributed by atoms with Gasteiger partial charge in [0.15, 0.2) is 5.15 Å². The van der Waals surface area contributed by atoms with E-state index in [1.165, 1.54) is 12.8 Å². The minimum absolute atomic E-state index is 0. The van der Waals surface area contributed by atoms with Crippen molar-refractivity contribution in [2.45, 2.75) is 23.1 Å². The highest BCUT2D eigenvalue weighted by Crippen LogP contribution is 2.26. The average molecular weight is 266 g/mol. The molecule has 6 heteroatoms. The highest BCUT2D eigenvalue weighted by atomic mass is 35.5. The molecular weight excluding hydrogens is 253 g/mol. The molecule has 0 aliphatic carbocycles. The lowest BCUT2D eigenvalue weighted by Crippen LogP contribution is -2.29. The van der Waals surface area contributed by atoms with Crippen molar-refractivity contribution in [1.82, 2.24) is 15.5 Å². The monoisotopic (exact) mass is 265 g/mol. The first kappa shape index (κ1) is 13.0. The number of piperidine rings is 1. The van der Waals surface area contributed by atoms with Gasteiger partial charge in [0.2, 0.25) is 0 Å². The Balaban J connectivity index is 0.00000112. The summed E-state index contributed by atoms with van der Waals surface area (Å²) < 4.78 is 0. The smallest absolute Gasteiger partial charge is 0.151 e. The van der Waals surface area contributed by atoms with E-state index < -0.39 is 0 Å². The summed E-state index contributed by atoms with van der Waals surface area (Å²) in [4.78, 5) is 0. The van der Waals surface area contributed by atoms with Crippen LogP contribution in [0.2, 0.25) is 5.15 Å². The van der Waals surface area contributed by atoms with E-state index in [0.29, 0.717) is 10.4 Å². The van der Waals surface area contributed by atoms with E-state index in [2.05, 4.69) is 15.5 Å². The maximum Gasteiger partial charge on any atom is 0.151 e. The van der Waals surface area contributed by atoms with Crippen LogP contribution in [0.4, 0.5) is 0 Å². The van der Waals surface area contributed by atoms with Crippen LogP contribution in [-0.4, -0.2) is 28.5 Å². The summed E-state index contributed by atoms with van der Waals surface area (Å²) in [6.07, 6.45) is 2.41. The molecule has 1 aliphatic rings.